The van der Waals surface area contributed by atoms with E-state index in [1.807, 2.05) is 19.3 Å². The van der Waals surface area contributed by atoms with Crippen LogP contribution >= 0.6 is 23.1 Å². The number of nitrogens with zero attached hydrogens (tertiary/aromatic N) is 1. The smallest absolute Gasteiger partial charge is 0.270 e. The molecule has 0 aliphatic carbocycles. The molecule has 0 saturated heterocycles. The highest BCUT2D eigenvalue weighted by Crippen LogP contribution is 2.27. The third-order valence-electron chi connectivity index (χ3n) is 1.66. The lowest BCUT2D eigenvalue weighted by molar-refractivity contribution is 0.0959. The van der Waals surface area contributed by atoms with Crippen LogP contribution in [0.15, 0.2) is 11.5 Å². The summed E-state index contributed by atoms with van der Waals surface area (Å²) in [6.07, 6.45) is 3.99. The third kappa shape index (κ3) is 2.36. The molecule has 1 aromatic rings. The Bertz CT molecular complexity index is 357. The maximum atomic E-state index is 11.2. The second-order valence-electron chi connectivity index (χ2n) is 2.47. The largest absolute Gasteiger partial charge is 0.354 e. The summed E-state index contributed by atoms with van der Waals surface area (Å²) in [6.45, 7) is 1.97. The van der Waals surface area contributed by atoms with Crippen LogP contribution in [0.4, 0.5) is 0 Å². The van der Waals surface area contributed by atoms with Crippen LogP contribution < -0.4 is 5.32 Å². The molecule has 0 bridgehead atoms. The summed E-state index contributed by atoms with van der Waals surface area (Å²) in [4.78, 5) is 16.6. The van der Waals surface area contributed by atoms with E-state index in [1.165, 1.54) is 11.3 Å². The van der Waals surface area contributed by atoms with E-state index < -0.39 is 0 Å². The SMILES string of the molecule is C/C=C(\SC)c1nc(C(=O)NC)cs1. The number of amides is 1. The van der Waals surface area contributed by atoms with Crippen molar-refractivity contribution in [2.24, 2.45) is 0 Å². The van der Waals surface area contributed by atoms with Crippen molar-refractivity contribution in [1.29, 1.82) is 0 Å². The van der Waals surface area contributed by atoms with Crippen LogP contribution in [-0.4, -0.2) is 24.2 Å². The molecule has 1 amide bonds. The van der Waals surface area contributed by atoms with Gasteiger partial charge in [-0.1, -0.05) is 6.08 Å². The van der Waals surface area contributed by atoms with Crippen molar-refractivity contribution < 1.29 is 4.79 Å². The van der Waals surface area contributed by atoms with Crippen molar-refractivity contribution in [3.05, 3.63) is 22.2 Å². The van der Waals surface area contributed by atoms with Crippen LogP contribution in [-0.2, 0) is 0 Å². The van der Waals surface area contributed by atoms with Gasteiger partial charge in [0.2, 0.25) is 0 Å². The first kappa shape index (κ1) is 11.3. The molecular weight excluding hydrogens is 216 g/mol. The maximum absolute atomic E-state index is 11.2. The highest BCUT2D eigenvalue weighted by molar-refractivity contribution is 8.07. The molecule has 3 nitrogen and oxygen atoms in total. The number of hydrogen-bond donors (Lipinski definition) is 1. The first-order valence-corrected chi connectivity index (χ1v) is 6.21. The van der Waals surface area contributed by atoms with Gasteiger partial charge in [0.1, 0.15) is 10.7 Å². The molecule has 76 valence electrons. The van der Waals surface area contributed by atoms with Crippen molar-refractivity contribution in [2.45, 2.75) is 6.92 Å². The molecule has 1 rings (SSSR count). The average Bonchev–Trinajstić information content (AvgIpc) is 2.68. The van der Waals surface area contributed by atoms with E-state index >= 15 is 0 Å². The van der Waals surface area contributed by atoms with Crippen molar-refractivity contribution in [3.63, 3.8) is 0 Å². The van der Waals surface area contributed by atoms with E-state index in [9.17, 15) is 4.79 Å². The van der Waals surface area contributed by atoms with Gasteiger partial charge in [-0.05, 0) is 13.2 Å². The van der Waals surface area contributed by atoms with Gasteiger partial charge in [0.15, 0.2) is 0 Å². The standard InChI is InChI=1S/C9H12N2OS2/c1-4-7(13-3)9-11-6(5-14-9)8(12)10-2/h4-5H,1-3H3,(H,10,12)/b7-4-. The normalized spacial score (nSPS) is 11.5. The van der Waals surface area contributed by atoms with Crippen LogP contribution in [0.25, 0.3) is 4.91 Å². The lowest BCUT2D eigenvalue weighted by Gasteiger charge is -1.96. The first-order chi connectivity index (χ1) is 6.72. The summed E-state index contributed by atoms with van der Waals surface area (Å²) in [5.41, 5.74) is 0.487. The van der Waals surface area contributed by atoms with Gasteiger partial charge < -0.3 is 5.32 Å². The highest BCUT2D eigenvalue weighted by atomic mass is 32.2. The minimum atomic E-state index is -0.135. The predicted molar refractivity (Wildman–Crippen MR) is 62.7 cm³/mol. The molecule has 0 saturated carbocycles. The van der Waals surface area contributed by atoms with E-state index in [0.717, 1.165) is 9.91 Å². The molecule has 0 spiro atoms. The zero-order valence-corrected chi connectivity index (χ0v) is 9.96. The lowest BCUT2D eigenvalue weighted by Crippen LogP contribution is -2.18. The van der Waals surface area contributed by atoms with E-state index in [4.69, 9.17) is 0 Å². The fourth-order valence-electron chi connectivity index (χ4n) is 0.948. The monoisotopic (exact) mass is 228 g/mol. The first-order valence-electron chi connectivity index (χ1n) is 4.11. The van der Waals surface area contributed by atoms with Crippen LogP contribution in [0.2, 0.25) is 0 Å². The summed E-state index contributed by atoms with van der Waals surface area (Å²) >= 11 is 3.12. The number of aromatic nitrogens is 1. The Morgan fingerprint density at radius 1 is 1.71 bits per heavy atom. The second kappa shape index (κ2) is 5.17. The molecular formula is C9H12N2OS2. The van der Waals surface area contributed by atoms with E-state index in [-0.39, 0.29) is 5.91 Å². The van der Waals surface area contributed by atoms with E-state index in [1.54, 1.807) is 24.2 Å². The second-order valence-corrected chi connectivity index (χ2v) is 4.18. The van der Waals surface area contributed by atoms with Crippen LogP contribution in [0.3, 0.4) is 0 Å². The van der Waals surface area contributed by atoms with Gasteiger partial charge in [-0.15, -0.1) is 23.1 Å². The van der Waals surface area contributed by atoms with Gasteiger partial charge in [0.25, 0.3) is 5.91 Å². The molecule has 1 N–H and O–H groups in total. The summed E-state index contributed by atoms with van der Waals surface area (Å²) < 4.78 is 0. The number of allylic oxidation sites excluding steroid dienone is 1. The Morgan fingerprint density at radius 2 is 2.43 bits per heavy atom. The molecule has 0 aliphatic rings. The van der Waals surface area contributed by atoms with Crippen LogP contribution in [0.1, 0.15) is 22.4 Å². The van der Waals surface area contributed by atoms with Crippen molar-refractivity contribution >= 4 is 33.9 Å². The van der Waals surface area contributed by atoms with Crippen molar-refractivity contribution in [1.82, 2.24) is 10.3 Å². The van der Waals surface area contributed by atoms with Crippen molar-refractivity contribution in [2.75, 3.05) is 13.3 Å². The molecule has 0 radical (unpaired) electrons. The maximum Gasteiger partial charge on any atom is 0.270 e. The minimum Gasteiger partial charge on any atom is -0.354 e. The Morgan fingerprint density at radius 3 is 2.93 bits per heavy atom. The number of carbonyl (C=O) groups excluding carboxylic acids is 1. The predicted octanol–water partition coefficient (Wildman–Crippen LogP) is 2.23. The van der Waals surface area contributed by atoms with Crippen molar-refractivity contribution in [3.8, 4) is 0 Å². The van der Waals surface area contributed by atoms with E-state index in [2.05, 4.69) is 10.3 Å². The van der Waals surface area contributed by atoms with Crippen LogP contribution in [0, 0.1) is 0 Å². The fraction of sp³-hybridized carbons (Fsp3) is 0.333. The molecule has 0 aliphatic heterocycles. The van der Waals surface area contributed by atoms with Gasteiger partial charge >= 0.3 is 0 Å². The number of thiazole rings is 1. The van der Waals surface area contributed by atoms with Crippen LogP contribution in [0.5, 0.6) is 0 Å². The Balaban J connectivity index is 2.93. The number of hydrogen-bond acceptors (Lipinski definition) is 4. The summed E-state index contributed by atoms with van der Waals surface area (Å²) in [6, 6.07) is 0. The minimum absolute atomic E-state index is 0.135. The molecule has 5 heteroatoms. The zero-order valence-electron chi connectivity index (χ0n) is 8.33. The van der Waals surface area contributed by atoms with Gasteiger partial charge in [-0.25, -0.2) is 4.98 Å². The Hall–Kier alpha value is -0.810. The molecule has 0 unspecified atom stereocenters. The van der Waals surface area contributed by atoms with Gasteiger partial charge in [-0.3, -0.25) is 4.79 Å². The zero-order chi connectivity index (χ0) is 10.6. The molecule has 0 atom stereocenters. The lowest BCUT2D eigenvalue weighted by atomic mass is 10.4. The number of nitrogens with one attached hydrogen (secondary N) is 1. The third-order valence-corrected chi connectivity index (χ3v) is 3.53. The molecule has 0 fully saturated rings. The topological polar surface area (TPSA) is 42.0 Å². The number of rotatable bonds is 3. The summed E-state index contributed by atoms with van der Waals surface area (Å²) in [5.74, 6) is -0.135. The number of thioether (sulfide) groups is 1. The fourth-order valence-corrected chi connectivity index (χ4v) is 2.57. The average molecular weight is 228 g/mol. The van der Waals surface area contributed by atoms with Gasteiger partial charge in [-0.2, -0.15) is 0 Å². The molecule has 1 heterocycles. The summed E-state index contributed by atoms with van der Waals surface area (Å²) in [7, 11) is 1.60. The quantitative estimate of drug-likeness (QED) is 0.862. The van der Waals surface area contributed by atoms with Gasteiger partial charge in [0.05, 0.1) is 0 Å². The molecule has 1 aromatic heterocycles. The molecule has 0 aromatic carbocycles. The number of carbonyl (C=O) groups is 1. The highest BCUT2D eigenvalue weighted by Gasteiger charge is 2.10. The Labute approximate surface area is 91.6 Å². The summed E-state index contributed by atoms with van der Waals surface area (Å²) in [5, 5.41) is 5.22. The van der Waals surface area contributed by atoms with Gasteiger partial charge in [0, 0.05) is 17.3 Å². The molecule has 14 heavy (non-hydrogen) atoms. The van der Waals surface area contributed by atoms with E-state index in [0.29, 0.717) is 5.69 Å². The Kier molecular flexibility index (Phi) is 4.16.